The van der Waals surface area contributed by atoms with E-state index >= 15 is 0 Å². The largest absolute Gasteiger partial charge is 0.507 e. The normalized spacial score (nSPS) is 19.6. The lowest BCUT2D eigenvalue weighted by Crippen LogP contribution is -2.36. The molecular formula is C18H19FN6O. The molecule has 0 amide bonds. The first kappa shape index (κ1) is 16.4. The third-order valence-corrected chi connectivity index (χ3v) is 4.82. The maximum atomic E-state index is 13.9. The van der Waals surface area contributed by atoms with Gasteiger partial charge in [-0.1, -0.05) is 0 Å². The van der Waals surface area contributed by atoms with Crippen LogP contribution in [0.2, 0.25) is 0 Å². The minimum atomic E-state index is -0.858. The van der Waals surface area contributed by atoms with Gasteiger partial charge in [0.25, 0.3) is 0 Å². The number of hydrogen-bond donors (Lipinski definition) is 1. The highest BCUT2D eigenvalue weighted by molar-refractivity contribution is 5.68. The molecule has 0 bridgehead atoms. The number of halogens is 1. The van der Waals surface area contributed by atoms with Gasteiger partial charge in [-0.05, 0) is 31.4 Å². The van der Waals surface area contributed by atoms with Crippen molar-refractivity contribution in [1.29, 1.82) is 0 Å². The van der Waals surface area contributed by atoms with Crippen LogP contribution in [-0.2, 0) is 0 Å². The Morgan fingerprint density at radius 3 is 2.77 bits per heavy atom. The Bertz CT molecular complexity index is 883. The van der Waals surface area contributed by atoms with Crippen LogP contribution in [-0.4, -0.2) is 49.1 Å². The standard InChI is InChI=1S/C18H19FN6O/c1-24(16-4-2-3-14(16)19)18-21-10-15(22-23-18)13-6-5-12(9-17(13)26)25-8-7-20-11-25/h5-11,14,16,26H,2-4H2,1H3/t14-,16+/m1/s1. The van der Waals surface area contributed by atoms with Crippen molar-refractivity contribution in [2.45, 2.75) is 31.5 Å². The van der Waals surface area contributed by atoms with E-state index in [1.165, 1.54) is 0 Å². The van der Waals surface area contributed by atoms with Crippen LogP contribution >= 0.6 is 0 Å². The summed E-state index contributed by atoms with van der Waals surface area (Å²) < 4.78 is 15.7. The molecule has 0 saturated heterocycles. The van der Waals surface area contributed by atoms with Crippen LogP contribution in [0.3, 0.4) is 0 Å². The number of rotatable bonds is 4. The van der Waals surface area contributed by atoms with E-state index in [1.807, 2.05) is 6.07 Å². The smallest absolute Gasteiger partial charge is 0.245 e. The van der Waals surface area contributed by atoms with Crippen LogP contribution in [0.4, 0.5) is 10.3 Å². The van der Waals surface area contributed by atoms with Crippen molar-refractivity contribution < 1.29 is 9.50 Å². The van der Waals surface area contributed by atoms with E-state index in [-0.39, 0.29) is 11.8 Å². The summed E-state index contributed by atoms with van der Waals surface area (Å²) in [4.78, 5) is 10.0. The molecular weight excluding hydrogens is 335 g/mol. The molecule has 1 aromatic carbocycles. The molecule has 1 fully saturated rings. The summed E-state index contributed by atoms with van der Waals surface area (Å²) in [6, 6.07) is 5.04. The number of nitrogens with zero attached hydrogens (tertiary/aromatic N) is 6. The second-order valence-corrected chi connectivity index (χ2v) is 6.44. The van der Waals surface area contributed by atoms with Crippen LogP contribution in [0.1, 0.15) is 19.3 Å². The number of alkyl halides is 1. The Morgan fingerprint density at radius 1 is 1.27 bits per heavy atom. The van der Waals surface area contributed by atoms with Crippen LogP contribution < -0.4 is 4.90 Å². The third-order valence-electron chi connectivity index (χ3n) is 4.82. The molecule has 7 nitrogen and oxygen atoms in total. The van der Waals surface area contributed by atoms with Crippen molar-refractivity contribution >= 4 is 5.95 Å². The molecule has 4 rings (SSSR count). The van der Waals surface area contributed by atoms with E-state index in [4.69, 9.17) is 0 Å². The summed E-state index contributed by atoms with van der Waals surface area (Å²) in [6.45, 7) is 0. The van der Waals surface area contributed by atoms with Gasteiger partial charge in [0, 0.05) is 31.1 Å². The van der Waals surface area contributed by atoms with Gasteiger partial charge in [-0.2, -0.15) is 0 Å². The van der Waals surface area contributed by atoms with Gasteiger partial charge in [0.2, 0.25) is 5.95 Å². The van der Waals surface area contributed by atoms with Gasteiger partial charge in [-0.25, -0.2) is 14.4 Å². The van der Waals surface area contributed by atoms with Crippen molar-refractivity contribution in [2.24, 2.45) is 0 Å². The first-order chi connectivity index (χ1) is 12.6. The number of aromatic nitrogens is 5. The van der Waals surface area contributed by atoms with Gasteiger partial charge in [0.05, 0.1) is 24.3 Å². The van der Waals surface area contributed by atoms with E-state index in [1.54, 1.807) is 53.6 Å². The monoisotopic (exact) mass is 354 g/mol. The average Bonchev–Trinajstić information content (AvgIpc) is 3.33. The molecule has 1 N–H and O–H groups in total. The molecule has 2 atom stereocenters. The van der Waals surface area contributed by atoms with E-state index in [9.17, 15) is 9.50 Å². The van der Waals surface area contributed by atoms with Gasteiger partial charge in [0.15, 0.2) is 0 Å². The van der Waals surface area contributed by atoms with Crippen LogP contribution in [0, 0.1) is 0 Å². The van der Waals surface area contributed by atoms with Crippen LogP contribution in [0.5, 0.6) is 5.75 Å². The molecule has 134 valence electrons. The molecule has 0 spiro atoms. The van der Waals surface area contributed by atoms with Crippen LogP contribution in [0.25, 0.3) is 16.9 Å². The minimum Gasteiger partial charge on any atom is -0.507 e. The average molecular weight is 354 g/mol. The molecule has 0 radical (unpaired) electrons. The van der Waals surface area contributed by atoms with Gasteiger partial charge in [-0.15, -0.1) is 10.2 Å². The third kappa shape index (κ3) is 2.98. The first-order valence-electron chi connectivity index (χ1n) is 8.52. The number of hydrogen-bond acceptors (Lipinski definition) is 6. The second-order valence-electron chi connectivity index (χ2n) is 6.44. The topological polar surface area (TPSA) is 80.0 Å². The van der Waals surface area contributed by atoms with E-state index in [0.29, 0.717) is 23.6 Å². The number of imidazole rings is 1. The Hall–Kier alpha value is -3.03. The van der Waals surface area contributed by atoms with Crippen molar-refractivity contribution in [3.63, 3.8) is 0 Å². The van der Waals surface area contributed by atoms with E-state index in [2.05, 4.69) is 20.2 Å². The number of aromatic hydroxyl groups is 1. The number of anilines is 1. The van der Waals surface area contributed by atoms with Gasteiger partial charge >= 0.3 is 0 Å². The summed E-state index contributed by atoms with van der Waals surface area (Å²) >= 11 is 0. The molecule has 2 heterocycles. The highest BCUT2D eigenvalue weighted by Crippen LogP contribution is 2.31. The Kier molecular flexibility index (Phi) is 4.24. The SMILES string of the molecule is CN(c1ncc(-c2ccc(-n3ccnc3)cc2O)nn1)[C@H]1CCC[C@H]1F. The predicted molar refractivity (Wildman–Crippen MR) is 95.0 cm³/mol. The number of phenolic OH excluding ortho intramolecular Hbond substituents is 1. The molecule has 1 aliphatic carbocycles. The molecule has 2 aromatic heterocycles. The first-order valence-corrected chi connectivity index (χ1v) is 8.52. The van der Waals surface area contributed by atoms with Gasteiger partial charge < -0.3 is 14.6 Å². The zero-order valence-corrected chi connectivity index (χ0v) is 14.3. The van der Waals surface area contributed by atoms with Crippen LogP contribution in [0.15, 0.2) is 43.1 Å². The summed E-state index contributed by atoms with van der Waals surface area (Å²) in [7, 11) is 1.79. The maximum absolute atomic E-state index is 13.9. The molecule has 1 saturated carbocycles. The fraction of sp³-hybridized carbons (Fsp3) is 0.333. The lowest BCUT2D eigenvalue weighted by atomic mass is 10.1. The Labute approximate surface area is 150 Å². The summed E-state index contributed by atoms with van der Waals surface area (Å²) in [5.74, 6) is 0.464. The number of phenols is 1. The van der Waals surface area contributed by atoms with Crippen molar-refractivity contribution in [3.05, 3.63) is 43.1 Å². The lowest BCUT2D eigenvalue weighted by molar-refractivity contribution is 0.305. The molecule has 0 unspecified atom stereocenters. The molecule has 1 aliphatic rings. The summed E-state index contributed by atoms with van der Waals surface area (Å²) in [5.41, 5.74) is 1.78. The fourth-order valence-corrected chi connectivity index (χ4v) is 3.34. The van der Waals surface area contributed by atoms with E-state index < -0.39 is 6.17 Å². The van der Waals surface area contributed by atoms with Crippen molar-refractivity contribution in [2.75, 3.05) is 11.9 Å². The zero-order valence-electron chi connectivity index (χ0n) is 14.3. The Balaban J connectivity index is 1.57. The minimum absolute atomic E-state index is 0.0769. The predicted octanol–water partition coefficient (Wildman–Crippen LogP) is 2.76. The number of benzene rings is 1. The van der Waals surface area contributed by atoms with Gasteiger partial charge in [0.1, 0.15) is 17.6 Å². The lowest BCUT2D eigenvalue weighted by Gasteiger charge is -2.25. The highest BCUT2D eigenvalue weighted by Gasteiger charge is 2.31. The molecule has 8 heteroatoms. The van der Waals surface area contributed by atoms with Gasteiger partial charge in [-0.3, -0.25) is 0 Å². The van der Waals surface area contributed by atoms with Crippen molar-refractivity contribution in [3.8, 4) is 22.7 Å². The van der Waals surface area contributed by atoms with Crippen molar-refractivity contribution in [1.82, 2.24) is 24.7 Å². The zero-order chi connectivity index (χ0) is 18.1. The molecule has 3 aromatic rings. The maximum Gasteiger partial charge on any atom is 0.245 e. The second kappa shape index (κ2) is 6.70. The molecule has 26 heavy (non-hydrogen) atoms. The fourth-order valence-electron chi connectivity index (χ4n) is 3.34. The Morgan fingerprint density at radius 2 is 2.15 bits per heavy atom. The molecule has 0 aliphatic heterocycles. The summed E-state index contributed by atoms with van der Waals surface area (Å²) in [6.07, 6.45) is 8.05. The highest BCUT2D eigenvalue weighted by atomic mass is 19.1. The quantitative estimate of drug-likeness (QED) is 0.776. The van der Waals surface area contributed by atoms with E-state index in [0.717, 1.165) is 18.5 Å². The summed E-state index contributed by atoms with van der Waals surface area (Å²) in [5, 5.41) is 18.6.